The summed E-state index contributed by atoms with van der Waals surface area (Å²) in [6.07, 6.45) is 6.25. The quantitative estimate of drug-likeness (QED) is 0.128. The highest BCUT2D eigenvalue weighted by atomic mass is 19.1. The third-order valence-electron chi connectivity index (χ3n) is 9.77. The molecule has 0 fully saturated rings. The highest BCUT2D eigenvalue weighted by molar-refractivity contribution is 6.09. The normalized spacial score (nSPS) is 11.6. The van der Waals surface area contributed by atoms with E-state index in [0.717, 1.165) is 35.0 Å². The van der Waals surface area contributed by atoms with Crippen LogP contribution in [-0.2, 0) is 0 Å². The van der Waals surface area contributed by atoms with Crippen molar-refractivity contribution in [3.63, 3.8) is 0 Å². The largest absolute Gasteiger partial charge is 0.254 e. The average Bonchev–Trinajstić information content (AvgIpc) is 3.23. The Morgan fingerprint density at radius 2 is 0.750 bits per heavy atom. The first-order chi connectivity index (χ1) is 27.4. The molecule has 10 aromatic rings. The van der Waals surface area contributed by atoms with Crippen molar-refractivity contribution in [1.29, 1.82) is 0 Å². The fraction of sp³-hybridized carbons (Fsp3) is 0. The van der Waals surface area contributed by atoms with Gasteiger partial charge in [-0.2, -0.15) is 0 Å². The lowest BCUT2D eigenvalue weighted by molar-refractivity contribution is 0.590. The van der Waals surface area contributed by atoms with Crippen molar-refractivity contribution < 1.29 is 17.6 Å². The maximum absolute atomic E-state index is 16.2. The van der Waals surface area contributed by atoms with E-state index in [1.807, 2.05) is 30.3 Å². The van der Waals surface area contributed by atoms with Gasteiger partial charge in [-0.1, -0.05) is 66.7 Å². The van der Waals surface area contributed by atoms with Crippen LogP contribution in [0, 0.1) is 23.3 Å². The molecular weight excluding hydrogens is 715 g/mol. The first-order valence-electron chi connectivity index (χ1n) is 17.5. The Morgan fingerprint density at radius 1 is 0.339 bits per heavy atom. The van der Waals surface area contributed by atoms with Crippen LogP contribution in [0.3, 0.4) is 0 Å². The molecule has 0 amide bonds. The number of aromatic nitrogens is 7. The van der Waals surface area contributed by atoms with Gasteiger partial charge in [0.25, 0.3) is 0 Å². The van der Waals surface area contributed by atoms with Crippen molar-refractivity contribution in [2.75, 3.05) is 0 Å². The second kappa shape index (κ2) is 13.1. The van der Waals surface area contributed by atoms with Crippen molar-refractivity contribution >= 4 is 43.6 Å². The molecule has 0 unspecified atom stereocenters. The van der Waals surface area contributed by atoms with Crippen LogP contribution in [0.4, 0.5) is 17.6 Å². The maximum Gasteiger partial charge on any atom is 0.164 e. The van der Waals surface area contributed by atoms with Gasteiger partial charge in [-0.25, -0.2) is 32.5 Å². The monoisotopic (exact) mass is 737 g/mol. The Balaban J connectivity index is 1.10. The number of benzene rings is 5. The molecule has 0 N–H and O–H groups in total. The van der Waals surface area contributed by atoms with Crippen LogP contribution in [0.15, 0.2) is 140 Å². The first kappa shape index (κ1) is 33.1. The molecule has 0 aliphatic rings. The number of hydrogen-bond acceptors (Lipinski definition) is 7. The summed E-state index contributed by atoms with van der Waals surface area (Å²) in [5.41, 5.74) is 2.84. The molecule has 7 nitrogen and oxygen atoms in total. The summed E-state index contributed by atoms with van der Waals surface area (Å²) < 4.78 is 64.9. The summed E-state index contributed by atoms with van der Waals surface area (Å²) in [6.45, 7) is 0. The van der Waals surface area contributed by atoms with E-state index in [-0.39, 0.29) is 39.7 Å². The molecule has 0 saturated carbocycles. The molecule has 11 heteroatoms. The molecule has 5 heterocycles. The van der Waals surface area contributed by atoms with Gasteiger partial charge in [0.2, 0.25) is 0 Å². The van der Waals surface area contributed by atoms with Crippen LogP contribution in [-0.4, -0.2) is 34.9 Å². The van der Waals surface area contributed by atoms with E-state index in [1.165, 1.54) is 12.4 Å². The van der Waals surface area contributed by atoms with E-state index in [2.05, 4.69) is 34.9 Å². The van der Waals surface area contributed by atoms with Crippen molar-refractivity contribution in [1.82, 2.24) is 34.9 Å². The van der Waals surface area contributed by atoms with Gasteiger partial charge in [-0.05, 0) is 59.7 Å². The Labute approximate surface area is 315 Å². The third kappa shape index (κ3) is 5.48. The van der Waals surface area contributed by atoms with Crippen LogP contribution in [0.1, 0.15) is 0 Å². The minimum absolute atomic E-state index is 0.00304. The molecule has 5 aromatic heterocycles. The van der Waals surface area contributed by atoms with E-state index >= 15 is 17.6 Å². The number of halogens is 4. The third-order valence-corrected chi connectivity index (χ3v) is 9.77. The maximum atomic E-state index is 16.2. The molecule has 0 spiro atoms. The predicted molar refractivity (Wildman–Crippen MR) is 208 cm³/mol. The summed E-state index contributed by atoms with van der Waals surface area (Å²) in [5.74, 6) is -3.54. The van der Waals surface area contributed by atoms with E-state index in [0.29, 0.717) is 49.5 Å². The number of fused-ring (bicyclic) bond motifs is 6. The number of nitrogens with zero attached hydrogens (tertiary/aromatic N) is 7. The van der Waals surface area contributed by atoms with Crippen LogP contribution >= 0.6 is 0 Å². The fourth-order valence-electron chi connectivity index (χ4n) is 7.21. The zero-order chi connectivity index (χ0) is 37.9. The fourth-order valence-corrected chi connectivity index (χ4v) is 7.21. The van der Waals surface area contributed by atoms with Gasteiger partial charge in [0.05, 0.1) is 33.2 Å². The zero-order valence-electron chi connectivity index (χ0n) is 28.9. The van der Waals surface area contributed by atoms with E-state index in [1.54, 1.807) is 73.1 Å². The van der Waals surface area contributed by atoms with Crippen LogP contribution in [0.2, 0.25) is 0 Å². The molecule has 266 valence electrons. The van der Waals surface area contributed by atoms with Crippen molar-refractivity contribution in [2.24, 2.45) is 0 Å². The van der Waals surface area contributed by atoms with Crippen molar-refractivity contribution in [3.8, 4) is 56.4 Å². The highest BCUT2D eigenvalue weighted by Crippen LogP contribution is 2.38. The smallest absolute Gasteiger partial charge is 0.164 e. The molecule has 0 atom stereocenters. The lowest BCUT2D eigenvalue weighted by atomic mass is 9.97. The zero-order valence-corrected chi connectivity index (χ0v) is 28.9. The summed E-state index contributed by atoms with van der Waals surface area (Å²) >= 11 is 0. The summed E-state index contributed by atoms with van der Waals surface area (Å²) in [4.78, 5) is 31.4. The van der Waals surface area contributed by atoms with E-state index in [9.17, 15) is 0 Å². The van der Waals surface area contributed by atoms with Crippen LogP contribution in [0.5, 0.6) is 0 Å². The molecule has 56 heavy (non-hydrogen) atoms. The molecule has 0 aliphatic carbocycles. The van der Waals surface area contributed by atoms with Gasteiger partial charge in [-0.3, -0.25) is 19.9 Å². The van der Waals surface area contributed by atoms with Gasteiger partial charge in [-0.15, -0.1) is 0 Å². The van der Waals surface area contributed by atoms with E-state index in [4.69, 9.17) is 0 Å². The standard InChI is InChI=1S/C45H23F4N7/c46-33-20-27(21-34(47)37(33)29-14-18-52-41-31(29)12-10-24-8-4-16-50-39(24)41)44-54-43(26-6-2-1-3-7-26)55-45(56-44)28-22-35(48)38(36(49)23-28)30-15-19-53-42-32(30)13-11-25-9-5-17-51-40(25)42/h1-23H. The number of pyridine rings is 4. The second-order valence-electron chi connectivity index (χ2n) is 13.1. The molecule has 0 bridgehead atoms. The van der Waals surface area contributed by atoms with Crippen LogP contribution in [0.25, 0.3) is 100 Å². The predicted octanol–water partition coefficient (Wildman–Crippen LogP) is 11.0. The van der Waals surface area contributed by atoms with Crippen molar-refractivity contribution in [2.45, 2.75) is 0 Å². The summed E-state index contributed by atoms with van der Waals surface area (Å²) in [5, 5.41) is 2.73. The molecular formula is C45H23F4N7. The molecule has 0 aliphatic heterocycles. The Bertz CT molecular complexity index is 2970. The van der Waals surface area contributed by atoms with Gasteiger partial charge < -0.3 is 0 Å². The Hall–Kier alpha value is -7.53. The molecule has 5 aromatic carbocycles. The van der Waals surface area contributed by atoms with Gasteiger partial charge in [0.15, 0.2) is 17.5 Å². The van der Waals surface area contributed by atoms with Gasteiger partial charge in [0.1, 0.15) is 23.3 Å². The van der Waals surface area contributed by atoms with Crippen LogP contribution < -0.4 is 0 Å². The van der Waals surface area contributed by atoms with Gasteiger partial charge >= 0.3 is 0 Å². The topological polar surface area (TPSA) is 90.2 Å². The Morgan fingerprint density at radius 3 is 1.20 bits per heavy atom. The lowest BCUT2D eigenvalue weighted by Gasteiger charge is -2.13. The number of hydrogen-bond donors (Lipinski definition) is 0. The lowest BCUT2D eigenvalue weighted by Crippen LogP contribution is -2.03. The minimum atomic E-state index is -0.870. The first-order valence-corrected chi connectivity index (χ1v) is 17.5. The molecule has 0 saturated heterocycles. The number of rotatable bonds is 5. The van der Waals surface area contributed by atoms with Crippen molar-refractivity contribution in [3.05, 3.63) is 163 Å². The SMILES string of the molecule is Fc1cc(-c2nc(-c3ccccc3)nc(-c3cc(F)c(-c4ccnc5c4ccc4cccnc45)c(F)c3)n2)cc(F)c1-c1ccnc2c1ccc1cccnc12. The Kier molecular flexibility index (Phi) is 7.73. The summed E-state index contributed by atoms with van der Waals surface area (Å²) in [7, 11) is 0. The second-order valence-corrected chi connectivity index (χ2v) is 13.1. The van der Waals surface area contributed by atoms with E-state index < -0.39 is 23.3 Å². The van der Waals surface area contributed by atoms with Gasteiger partial charge in [0, 0.05) is 63.0 Å². The minimum Gasteiger partial charge on any atom is -0.254 e. The average molecular weight is 738 g/mol. The summed E-state index contributed by atoms with van der Waals surface area (Å²) in [6, 6.07) is 31.0. The molecule has 0 radical (unpaired) electrons. The highest BCUT2D eigenvalue weighted by Gasteiger charge is 2.23. The molecule has 10 rings (SSSR count).